The minimum Gasteiger partial charge on any atom is -0.488 e. The molecule has 7 nitrogen and oxygen atoms in total. The molecule has 0 unspecified atom stereocenters. The molecule has 2 heterocycles. The first-order valence-electron chi connectivity index (χ1n) is 11.2. The fourth-order valence-electron chi connectivity index (χ4n) is 4.04. The van der Waals surface area contributed by atoms with Gasteiger partial charge in [-0.1, -0.05) is 60.1 Å². The fourth-order valence-corrected chi connectivity index (χ4v) is 4.16. The fraction of sp³-hybridized carbons (Fsp3) is 0.107. The number of carbonyl (C=O) groups excluding carboxylic acids is 3. The second-order valence-corrected chi connectivity index (χ2v) is 8.72. The number of amides is 1. The molecule has 8 heteroatoms. The predicted octanol–water partition coefficient (Wildman–Crippen LogP) is 4.66. The molecular formula is C28H21ClN2O5. The third kappa shape index (κ3) is 5.01. The van der Waals surface area contributed by atoms with Crippen LogP contribution in [0.4, 0.5) is 0 Å². The van der Waals surface area contributed by atoms with E-state index in [2.05, 4.69) is 5.32 Å². The molecule has 1 N–H and O–H groups in total. The molecule has 0 bridgehead atoms. The Morgan fingerprint density at radius 3 is 2.47 bits per heavy atom. The Labute approximate surface area is 211 Å². The number of ether oxygens (including phenoxy) is 2. The second-order valence-electron chi connectivity index (χ2n) is 8.28. The van der Waals surface area contributed by atoms with Crippen molar-refractivity contribution in [3.05, 3.63) is 112 Å². The molecule has 0 aliphatic carbocycles. The van der Waals surface area contributed by atoms with Gasteiger partial charge in [0, 0.05) is 23.8 Å². The highest BCUT2D eigenvalue weighted by Gasteiger charge is 2.26. The van der Waals surface area contributed by atoms with Crippen LogP contribution in [0.5, 0.6) is 5.75 Å². The smallest absolute Gasteiger partial charge is 0.333 e. The van der Waals surface area contributed by atoms with Gasteiger partial charge in [0.2, 0.25) is 0 Å². The summed E-state index contributed by atoms with van der Waals surface area (Å²) < 4.78 is 12.8. The van der Waals surface area contributed by atoms with Gasteiger partial charge in [-0.25, -0.2) is 4.79 Å². The third-order valence-corrected chi connectivity index (χ3v) is 6.01. The number of Topliss-reactive ketones (excluding diaryl/α,β-unsaturated/α-hetero) is 1. The van der Waals surface area contributed by atoms with Crippen molar-refractivity contribution in [3.8, 4) is 5.75 Å². The first kappa shape index (κ1) is 23.4. The molecule has 0 fully saturated rings. The average Bonchev–Trinajstić information content (AvgIpc) is 3.47. The van der Waals surface area contributed by atoms with E-state index in [1.807, 2.05) is 59.2 Å². The van der Waals surface area contributed by atoms with E-state index in [0.717, 1.165) is 22.7 Å². The van der Waals surface area contributed by atoms with Crippen LogP contribution in [0.3, 0.4) is 0 Å². The number of nitrogens with one attached hydrogen (secondary N) is 1. The Balaban J connectivity index is 1.52. The van der Waals surface area contributed by atoms with Crippen LogP contribution in [0.1, 0.15) is 21.5 Å². The molecule has 1 aliphatic heterocycles. The molecule has 1 aliphatic rings. The molecule has 36 heavy (non-hydrogen) atoms. The van der Waals surface area contributed by atoms with E-state index in [1.165, 1.54) is 0 Å². The number of hydrogen-bond donors (Lipinski definition) is 1. The molecule has 0 atom stereocenters. The predicted molar refractivity (Wildman–Crippen MR) is 135 cm³/mol. The summed E-state index contributed by atoms with van der Waals surface area (Å²) in [5.74, 6) is -1.68. The van der Waals surface area contributed by atoms with Gasteiger partial charge in [-0.05, 0) is 35.4 Å². The highest BCUT2D eigenvalue weighted by molar-refractivity contribution is 6.45. The highest BCUT2D eigenvalue weighted by atomic mass is 35.5. The number of hydrogen-bond acceptors (Lipinski definition) is 5. The van der Waals surface area contributed by atoms with Gasteiger partial charge in [0.05, 0.1) is 22.2 Å². The van der Waals surface area contributed by atoms with Crippen molar-refractivity contribution in [1.82, 2.24) is 9.88 Å². The van der Waals surface area contributed by atoms with Crippen molar-refractivity contribution in [2.75, 3.05) is 6.61 Å². The molecule has 3 aromatic carbocycles. The minimum atomic E-state index is -0.858. The molecule has 0 saturated heterocycles. The summed E-state index contributed by atoms with van der Waals surface area (Å²) in [6.07, 6.45) is 2.81. The van der Waals surface area contributed by atoms with E-state index in [4.69, 9.17) is 21.1 Å². The second kappa shape index (κ2) is 10.1. The normalized spacial score (nSPS) is 12.8. The summed E-state index contributed by atoms with van der Waals surface area (Å²) in [6.45, 7) is 0.675. The molecule has 1 amide bonds. The van der Waals surface area contributed by atoms with Crippen molar-refractivity contribution in [3.63, 3.8) is 0 Å². The molecule has 4 aromatic rings. The standard InChI is InChI=1S/C28H21ClN2O5/c29-20-11-9-18(10-12-20)14-31-15-22(27(33)28(34)30-21-13-25(32)36-17-21)26-23(31)7-4-8-24(26)35-16-19-5-2-1-3-6-19/h1-13,15H,14,16-17H2,(H,30,34). The number of esters is 1. The summed E-state index contributed by atoms with van der Waals surface area (Å²) in [5.41, 5.74) is 3.13. The molecule has 0 radical (unpaired) electrons. The van der Waals surface area contributed by atoms with E-state index in [-0.39, 0.29) is 17.9 Å². The van der Waals surface area contributed by atoms with E-state index in [9.17, 15) is 14.4 Å². The minimum absolute atomic E-state index is 0.0817. The van der Waals surface area contributed by atoms with Crippen LogP contribution in [0.2, 0.25) is 5.02 Å². The van der Waals surface area contributed by atoms with Gasteiger partial charge in [0.25, 0.3) is 11.7 Å². The monoisotopic (exact) mass is 500 g/mol. The Hall–Kier alpha value is -4.36. The van der Waals surface area contributed by atoms with Gasteiger partial charge in [-0.2, -0.15) is 0 Å². The zero-order valence-corrected chi connectivity index (χ0v) is 19.8. The van der Waals surface area contributed by atoms with E-state index in [1.54, 1.807) is 24.4 Å². The quantitative estimate of drug-likeness (QED) is 0.216. The van der Waals surface area contributed by atoms with Gasteiger partial charge in [-0.3, -0.25) is 9.59 Å². The molecule has 1 aromatic heterocycles. The van der Waals surface area contributed by atoms with E-state index in [0.29, 0.717) is 29.3 Å². The van der Waals surface area contributed by atoms with E-state index >= 15 is 0 Å². The van der Waals surface area contributed by atoms with Crippen molar-refractivity contribution >= 4 is 40.2 Å². The molecule has 0 spiro atoms. The van der Waals surface area contributed by atoms with Crippen LogP contribution in [0.15, 0.2) is 90.8 Å². The van der Waals surface area contributed by atoms with E-state index < -0.39 is 17.7 Å². The van der Waals surface area contributed by atoms with Gasteiger partial charge in [0.15, 0.2) is 0 Å². The Bertz CT molecular complexity index is 1490. The Morgan fingerprint density at radius 1 is 0.972 bits per heavy atom. The number of carbonyl (C=O) groups is 3. The van der Waals surface area contributed by atoms with Crippen LogP contribution in [0.25, 0.3) is 10.9 Å². The molecular weight excluding hydrogens is 480 g/mol. The van der Waals surface area contributed by atoms with Crippen molar-refractivity contribution in [2.24, 2.45) is 0 Å². The summed E-state index contributed by atoms with van der Waals surface area (Å²) in [7, 11) is 0. The summed E-state index contributed by atoms with van der Waals surface area (Å²) in [5, 5.41) is 3.64. The topological polar surface area (TPSA) is 86.6 Å². The summed E-state index contributed by atoms with van der Waals surface area (Å²) in [6, 6.07) is 22.6. The lowest BCUT2D eigenvalue weighted by Gasteiger charge is -2.10. The summed E-state index contributed by atoms with van der Waals surface area (Å²) >= 11 is 6.03. The first-order valence-corrected chi connectivity index (χ1v) is 11.6. The number of benzene rings is 3. The van der Waals surface area contributed by atoms with Gasteiger partial charge in [-0.15, -0.1) is 0 Å². The molecule has 0 saturated carbocycles. The number of fused-ring (bicyclic) bond motifs is 1. The number of halogens is 1. The Morgan fingerprint density at radius 2 is 1.75 bits per heavy atom. The number of cyclic esters (lactones) is 1. The third-order valence-electron chi connectivity index (χ3n) is 5.76. The number of rotatable bonds is 8. The zero-order valence-electron chi connectivity index (χ0n) is 19.1. The van der Waals surface area contributed by atoms with Crippen LogP contribution in [0, 0.1) is 0 Å². The van der Waals surface area contributed by atoms with Crippen LogP contribution < -0.4 is 10.1 Å². The Kier molecular flexibility index (Phi) is 6.56. The van der Waals surface area contributed by atoms with Gasteiger partial charge in [0.1, 0.15) is 19.0 Å². The molecule has 180 valence electrons. The van der Waals surface area contributed by atoms with Gasteiger partial charge < -0.3 is 19.4 Å². The maximum absolute atomic E-state index is 13.3. The van der Waals surface area contributed by atoms with Crippen LogP contribution >= 0.6 is 11.6 Å². The number of aromatic nitrogens is 1. The number of ketones is 1. The lowest BCUT2D eigenvalue weighted by molar-refractivity contribution is -0.135. The molecule has 5 rings (SSSR count). The lowest BCUT2D eigenvalue weighted by Crippen LogP contribution is -2.31. The van der Waals surface area contributed by atoms with Gasteiger partial charge >= 0.3 is 5.97 Å². The SMILES string of the molecule is O=C1C=C(NC(=O)C(=O)c2cn(Cc3ccc(Cl)cc3)c3cccc(OCc4ccccc4)c23)CO1. The highest BCUT2D eigenvalue weighted by Crippen LogP contribution is 2.32. The first-order chi connectivity index (χ1) is 17.5. The zero-order chi connectivity index (χ0) is 25.1. The largest absolute Gasteiger partial charge is 0.488 e. The van der Waals surface area contributed by atoms with Crippen molar-refractivity contribution in [2.45, 2.75) is 13.2 Å². The maximum Gasteiger partial charge on any atom is 0.333 e. The number of nitrogens with zero attached hydrogens (tertiary/aromatic N) is 1. The average molecular weight is 501 g/mol. The van der Waals surface area contributed by atoms with Crippen LogP contribution in [-0.2, 0) is 27.5 Å². The lowest BCUT2D eigenvalue weighted by atomic mass is 10.1. The van der Waals surface area contributed by atoms with Crippen molar-refractivity contribution < 1.29 is 23.9 Å². The van der Waals surface area contributed by atoms with Crippen LogP contribution in [-0.4, -0.2) is 28.8 Å². The summed E-state index contributed by atoms with van der Waals surface area (Å²) in [4.78, 5) is 37.4. The maximum atomic E-state index is 13.3. The van der Waals surface area contributed by atoms with Crippen molar-refractivity contribution in [1.29, 1.82) is 0 Å².